The Labute approximate surface area is 113 Å². The number of fused-ring (bicyclic) bond motifs is 1. The number of rotatable bonds is 3. The number of aliphatic carboxylic acids is 1. The van der Waals surface area contributed by atoms with Crippen LogP contribution in [0.15, 0.2) is 24.3 Å². The number of hydrogen-bond donors (Lipinski definition) is 1. The minimum absolute atomic E-state index is 0.287. The first-order valence-corrected chi connectivity index (χ1v) is 6.82. The molecule has 0 amide bonds. The molecule has 4 nitrogen and oxygen atoms in total. The molecule has 0 spiro atoms. The Morgan fingerprint density at radius 1 is 1.42 bits per heavy atom. The summed E-state index contributed by atoms with van der Waals surface area (Å²) in [6.45, 7) is 4.71. The van der Waals surface area contributed by atoms with Crippen LogP contribution in [0.5, 0.6) is 5.75 Å². The Morgan fingerprint density at radius 2 is 2.16 bits per heavy atom. The second-order valence-electron chi connectivity index (χ2n) is 5.69. The first kappa shape index (κ1) is 12.5. The normalized spacial score (nSPS) is 27.2. The number of likely N-dealkylation sites (tertiary alicyclic amines) is 1. The van der Waals surface area contributed by atoms with Crippen LogP contribution >= 0.6 is 0 Å². The third kappa shape index (κ3) is 2.32. The van der Waals surface area contributed by atoms with Crippen molar-refractivity contribution in [3.05, 3.63) is 29.8 Å². The van der Waals surface area contributed by atoms with Gasteiger partial charge < -0.3 is 9.84 Å². The van der Waals surface area contributed by atoms with Crippen LogP contribution in [-0.4, -0.2) is 35.7 Å². The minimum Gasteiger partial charge on any atom is -0.493 e. The zero-order valence-corrected chi connectivity index (χ0v) is 11.1. The molecule has 1 aromatic rings. The van der Waals surface area contributed by atoms with E-state index in [0.717, 1.165) is 25.4 Å². The van der Waals surface area contributed by atoms with Gasteiger partial charge in [-0.25, -0.2) is 0 Å². The molecule has 3 rings (SSSR count). The molecular formula is C15H19NO3. The first-order chi connectivity index (χ1) is 9.15. The number of benzene rings is 1. The van der Waals surface area contributed by atoms with Crippen molar-refractivity contribution in [2.45, 2.75) is 19.4 Å². The van der Waals surface area contributed by atoms with E-state index in [9.17, 15) is 4.79 Å². The third-order valence-corrected chi connectivity index (χ3v) is 4.12. The fourth-order valence-electron chi connectivity index (χ4n) is 3.24. The van der Waals surface area contributed by atoms with Crippen molar-refractivity contribution in [3.63, 3.8) is 0 Å². The molecule has 0 aliphatic carbocycles. The maximum absolute atomic E-state index is 10.7. The monoisotopic (exact) mass is 261 g/mol. The number of carboxylic acids is 1. The van der Waals surface area contributed by atoms with E-state index < -0.39 is 5.97 Å². The van der Waals surface area contributed by atoms with Crippen molar-refractivity contribution < 1.29 is 14.6 Å². The topological polar surface area (TPSA) is 49.8 Å². The highest BCUT2D eigenvalue weighted by Crippen LogP contribution is 2.42. The van der Waals surface area contributed by atoms with E-state index in [1.807, 2.05) is 18.2 Å². The van der Waals surface area contributed by atoms with Gasteiger partial charge in [0.05, 0.1) is 13.0 Å². The third-order valence-electron chi connectivity index (χ3n) is 4.12. The van der Waals surface area contributed by atoms with E-state index in [1.54, 1.807) is 0 Å². The molecule has 1 N–H and O–H groups in total. The fraction of sp³-hybridized carbons (Fsp3) is 0.533. The van der Waals surface area contributed by atoms with Gasteiger partial charge >= 0.3 is 5.97 Å². The summed E-state index contributed by atoms with van der Waals surface area (Å²) < 4.78 is 5.76. The van der Waals surface area contributed by atoms with Crippen molar-refractivity contribution in [3.8, 4) is 5.75 Å². The van der Waals surface area contributed by atoms with Gasteiger partial charge in [-0.2, -0.15) is 0 Å². The molecule has 2 aliphatic rings. The van der Waals surface area contributed by atoms with Crippen LogP contribution in [0.3, 0.4) is 0 Å². The quantitative estimate of drug-likeness (QED) is 0.906. The highest BCUT2D eigenvalue weighted by atomic mass is 16.5. The molecule has 1 aromatic carbocycles. The molecule has 4 heteroatoms. The molecule has 1 saturated heterocycles. The van der Waals surface area contributed by atoms with E-state index in [4.69, 9.17) is 9.84 Å². The molecule has 2 atom stereocenters. The van der Waals surface area contributed by atoms with Gasteiger partial charge in [-0.3, -0.25) is 9.69 Å². The summed E-state index contributed by atoms with van der Waals surface area (Å²) in [5.74, 6) is 1.04. The van der Waals surface area contributed by atoms with E-state index in [0.29, 0.717) is 17.9 Å². The highest BCUT2D eigenvalue weighted by Gasteiger charge is 2.39. The lowest BCUT2D eigenvalue weighted by Gasteiger charge is -2.48. The molecule has 0 saturated carbocycles. The SMILES string of the molecule is CC1COc2ccccc2C1N1CC(CC(=O)O)C1. The van der Waals surface area contributed by atoms with Crippen LogP contribution in [0.4, 0.5) is 0 Å². The van der Waals surface area contributed by atoms with Gasteiger partial charge in [-0.15, -0.1) is 0 Å². The standard InChI is InChI=1S/C15H19NO3/c1-10-9-19-13-5-3-2-4-12(13)15(10)16-7-11(8-16)6-14(17)18/h2-5,10-11,15H,6-9H2,1H3,(H,17,18). The summed E-state index contributed by atoms with van der Waals surface area (Å²) >= 11 is 0. The van der Waals surface area contributed by atoms with Gasteiger partial charge in [0.1, 0.15) is 5.75 Å². The molecule has 0 radical (unpaired) electrons. The maximum Gasteiger partial charge on any atom is 0.303 e. The fourth-order valence-corrected chi connectivity index (χ4v) is 3.24. The van der Waals surface area contributed by atoms with E-state index in [-0.39, 0.29) is 6.42 Å². The molecule has 102 valence electrons. The van der Waals surface area contributed by atoms with Gasteiger partial charge in [-0.1, -0.05) is 25.1 Å². The number of carboxylic acid groups (broad SMARTS) is 1. The van der Waals surface area contributed by atoms with Crippen LogP contribution < -0.4 is 4.74 Å². The average molecular weight is 261 g/mol. The van der Waals surface area contributed by atoms with E-state index in [1.165, 1.54) is 5.56 Å². The van der Waals surface area contributed by atoms with Crippen LogP contribution in [-0.2, 0) is 4.79 Å². The zero-order valence-electron chi connectivity index (χ0n) is 11.1. The lowest BCUT2D eigenvalue weighted by Crippen LogP contribution is -2.52. The number of nitrogens with zero attached hydrogens (tertiary/aromatic N) is 1. The van der Waals surface area contributed by atoms with Crippen molar-refractivity contribution in [1.82, 2.24) is 4.90 Å². The Hall–Kier alpha value is -1.55. The maximum atomic E-state index is 10.7. The van der Waals surface area contributed by atoms with Crippen molar-refractivity contribution >= 4 is 5.97 Å². The van der Waals surface area contributed by atoms with Crippen LogP contribution in [0.2, 0.25) is 0 Å². The Morgan fingerprint density at radius 3 is 2.89 bits per heavy atom. The average Bonchev–Trinajstić information content (AvgIpc) is 2.34. The first-order valence-electron chi connectivity index (χ1n) is 6.82. The van der Waals surface area contributed by atoms with Crippen LogP contribution in [0.25, 0.3) is 0 Å². The molecule has 1 fully saturated rings. The van der Waals surface area contributed by atoms with Crippen LogP contribution in [0.1, 0.15) is 24.9 Å². The predicted molar refractivity (Wildman–Crippen MR) is 71.2 cm³/mol. The van der Waals surface area contributed by atoms with Gasteiger partial charge in [0, 0.05) is 30.6 Å². The summed E-state index contributed by atoms with van der Waals surface area (Å²) in [6, 6.07) is 8.55. The van der Waals surface area contributed by atoms with Gasteiger partial charge in [-0.05, 0) is 12.0 Å². The lowest BCUT2D eigenvalue weighted by atomic mass is 9.85. The van der Waals surface area contributed by atoms with Gasteiger partial charge in [0.25, 0.3) is 0 Å². The van der Waals surface area contributed by atoms with Gasteiger partial charge in [0.15, 0.2) is 0 Å². The van der Waals surface area contributed by atoms with Crippen LogP contribution in [0, 0.1) is 11.8 Å². The molecule has 2 heterocycles. The predicted octanol–water partition coefficient (Wildman–Crippen LogP) is 2.16. The Kier molecular flexibility index (Phi) is 3.19. The minimum atomic E-state index is -0.690. The second kappa shape index (κ2) is 4.85. The summed E-state index contributed by atoms with van der Waals surface area (Å²) in [6.07, 6.45) is 0.287. The van der Waals surface area contributed by atoms with E-state index >= 15 is 0 Å². The molecule has 19 heavy (non-hydrogen) atoms. The molecule has 2 aliphatic heterocycles. The second-order valence-corrected chi connectivity index (χ2v) is 5.69. The number of hydrogen-bond acceptors (Lipinski definition) is 3. The number of carbonyl (C=O) groups is 1. The number of ether oxygens (including phenoxy) is 1. The summed E-state index contributed by atoms with van der Waals surface area (Å²) in [4.78, 5) is 13.1. The van der Waals surface area contributed by atoms with Crippen molar-refractivity contribution in [1.29, 1.82) is 0 Å². The lowest BCUT2D eigenvalue weighted by molar-refractivity contribution is -0.140. The van der Waals surface area contributed by atoms with Gasteiger partial charge in [0.2, 0.25) is 0 Å². The Balaban J connectivity index is 1.73. The molecule has 0 aromatic heterocycles. The molecule has 0 bridgehead atoms. The smallest absolute Gasteiger partial charge is 0.303 e. The molecule has 2 unspecified atom stereocenters. The Bertz CT molecular complexity index is 482. The summed E-state index contributed by atoms with van der Waals surface area (Å²) in [5, 5.41) is 8.82. The highest BCUT2D eigenvalue weighted by molar-refractivity contribution is 5.67. The summed E-state index contributed by atoms with van der Waals surface area (Å²) in [7, 11) is 0. The number of para-hydroxylation sites is 1. The molecular weight excluding hydrogens is 242 g/mol. The van der Waals surface area contributed by atoms with Crippen molar-refractivity contribution in [2.24, 2.45) is 11.8 Å². The van der Waals surface area contributed by atoms with E-state index in [2.05, 4.69) is 17.9 Å². The van der Waals surface area contributed by atoms with Crippen molar-refractivity contribution in [2.75, 3.05) is 19.7 Å². The summed E-state index contributed by atoms with van der Waals surface area (Å²) in [5.41, 5.74) is 1.25. The largest absolute Gasteiger partial charge is 0.493 e. The zero-order chi connectivity index (χ0) is 13.4.